The highest BCUT2D eigenvalue weighted by Crippen LogP contribution is 2.52. The van der Waals surface area contributed by atoms with Crippen LogP contribution in [0.2, 0.25) is 5.02 Å². The number of urea groups is 1. The number of rotatable bonds is 2. The van der Waals surface area contributed by atoms with Crippen molar-refractivity contribution in [2.75, 3.05) is 21.2 Å². The van der Waals surface area contributed by atoms with E-state index in [0.717, 1.165) is 17.7 Å². The monoisotopic (exact) mass is 513 g/mol. The zero-order valence-electron chi connectivity index (χ0n) is 20.8. The number of carbonyl (C=O) groups is 3. The number of amides is 4. The van der Waals surface area contributed by atoms with Gasteiger partial charge in [0.2, 0.25) is 0 Å². The summed E-state index contributed by atoms with van der Waals surface area (Å²) in [6.45, 7) is 5.01. The molecule has 0 unspecified atom stereocenters. The molecule has 3 aliphatic rings. The lowest BCUT2D eigenvalue weighted by Gasteiger charge is -2.58. The van der Waals surface area contributed by atoms with Gasteiger partial charge < -0.3 is 4.90 Å². The smallest absolute Gasteiger partial charge is 0.342 e. The topological polar surface area (TPSA) is 60.9 Å². The van der Waals surface area contributed by atoms with E-state index in [0.29, 0.717) is 28.9 Å². The Kier molecular flexibility index (Phi) is 5.60. The Morgan fingerprint density at radius 3 is 1.95 bits per heavy atom. The summed E-state index contributed by atoms with van der Waals surface area (Å²) < 4.78 is 0. The first-order valence-electron chi connectivity index (χ1n) is 12.7. The van der Waals surface area contributed by atoms with Crippen LogP contribution >= 0.6 is 11.6 Å². The van der Waals surface area contributed by atoms with Gasteiger partial charge in [-0.2, -0.15) is 0 Å². The maximum atomic E-state index is 14.7. The maximum Gasteiger partial charge on any atom is 0.342 e. The van der Waals surface area contributed by atoms with E-state index in [-0.39, 0.29) is 12.3 Å². The van der Waals surface area contributed by atoms with Crippen LogP contribution in [0.25, 0.3) is 0 Å². The van der Waals surface area contributed by atoms with Gasteiger partial charge in [0.15, 0.2) is 5.41 Å². The van der Waals surface area contributed by atoms with Gasteiger partial charge in [-0.3, -0.25) is 9.59 Å². The van der Waals surface area contributed by atoms with Crippen molar-refractivity contribution >= 4 is 46.5 Å². The summed E-state index contributed by atoms with van der Waals surface area (Å²) in [6.07, 6.45) is 1.08. The van der Waals surface area contributed by atoms with Crippen molar-refractivity contribution in [1.29, 1.82) is 0 Å². The van der Waals surface area contributed by atoms with Crippen LogP contribution in [0.15, 0.2) is 78.9 Å². The lowest BCUT2D eigenvalue weighted by Crippen LogP contribution is -2.75. The summed E-state index contributed by atoms with van der Waals surface area (Å²) in [4.78, 5) is 47.9. The van der Waals surface area contributed by atoms with Crippen molar-refractivity contribution < 1.29 is 14.4 Å². The number of anilines is 3. The number of benzene rings is 3. The highest BCUT2D eigenvalue weighted by Gasteiger charge is 2.66. The molecule has 0 saturated carbocycles. The predicted molar refractivity (Wildman–Crippen MR) is 145 cm³/mol. The summed E-state index contributed by atoms with van der Waals surface area (Å²) >= 11 is 6.42. The molecule has 3 atom stereocenters. The second-order valence-corrected chi connectivity index (χ2v) is 11.0. The molecule has 3 aromatic carbocycles. The summed E-state index contributed by atoms with van der Waals surface area (Å²) in [5, 5.41) is 0.618. The van der Waals surface area contributed by atoms with Gasteiger partial charge in [-0.1, -0.05) is 67.9 Å². The molecule has 0 bridgehead atoms. The van der Waals surface area contributed by atoms with E-state index >= 15 is 0 Å². The van der Waals surface area contributed by atoms with Gasteiger partial charge in [-0.25, -0.2) is 14.6 Å². The Morgan fingerprint density at radius 2 is 1.38 bits per heavy atom. The Balaban J connectivity index is 1.61. The first-order valence-corrected chi connectivity index (χ1v) is 13.1. The summed E-state index contributed by atoms with van der Waals surface area (Å²) in [7, 11) is 0. The highest BCUT2D eigenvalue weighted by atomic mass is 35.5. The summed E-state index contributed by atoms with van der Waals surface area (Å²) in [5.41, 5.74) is 1.29. The SMILES string of the molecule is C[C@@H]1C[C@H](C)[C@@H]2N(C1)c1cc(Cl)ccc1CC21C(=O)N(c2ccccc2)C(=O)N(c2ccccc2)C1=O. The van der Waals surface area contributed by atoms with Crippen LogP contribution in [0, 0.1) is 17.3 Å². The second kappa shape index (κ2) is 8.73. The van der Waals surface area contributed by atoms with Crippen molar-refractivity contribution in [3.05, 3.63) is 89.4 Å². The van der Waals surface area contributed by atoms with Gasteiger partial charge in [0, 0.05) is 17.3 Å². The molecule has 188 valence electrons. The summed E-state index contributed by atoms with van der Waals surface area (Å²) in [6, 6.07) is 22.4. The molecule has 2 fully saturated rings. The number of imide groups is 2. The van der Waals surface area contributed by atoms with Gasteiger partial charge in [0.05, 0.1) is 17.4 Å². The Hall–Kier alpha value is -3.64. The lowest BCUT2D eigenvalue weighted by atomic mass is 9.62. The number of hydrogen-bond acceptors (Lipinski definition) is 4. The molecule has 2 saturated heterocycles. The van der Waals surface area contributed by atoms with Crippen LogP contribution in [-0.4, -0.2) is 30.4 Å². The third-order valence-corrected chi connectivity index (χ3v) is 8.30. The molecular weight excluding hydrogens is 486 g/mol. The minimum absolute atomic E-state index is 0.0345. The second-order valence-electron chi connectivity index (χ2n) is 10.6. The fourth-order valence-corrected chi connectivity index (χ4v) is 6.90. The number of hydrogen-bond donors (Lipinski definition) is 0. The molecule has 6 nitrogen and oxygen atoms in total. The minimum Gasteiger partial charge on any atom is -0.366 e. The highest BCUT2D eigenvalue weighted by molar-refractivity contribution is 6.39. The fraction of sp³-hybridized carbons (Fsp3) is 0.300. The zero-order chi connectivity index (χ0) is 25.9. The summed E-state index contributed by atoms with van der Waals surface area (Å²) in [5.74, 6) is -0.512. The maximum absolute atomic E-state index is 14.7. The van der Waals surface area contributed by atoms with Crippen molar-refractivity contribution in [2.24, 2.45) is 17.3 Å². The Labute approximate surface area is 221 Å². The lowest BCUT2D eigenvalue weighted by molar-refractivity contribution is -0.144. The van der Waals surface area contributed by atoms with E-state index in [9.17, 15) is 14.4 Å². The number of fused-ring (bicyclic) bond motifs is 4. The van der Waals surface area contributed by atoms with Crippen LogP contribution in [0.5, 0.6) is 0 Å². The number of carbonyl (C=O) groups excluding carboxylic acids is 3. The number of para-hydroxylation sites is 2. The van der Waals surface area contributed by atoms with Crippen LogP contribution in [0.4, 0.5) is 21.9 Å². The third-order valence-electron chi connectivity index (χ3n) is 8.07. The first kappa shape index (κ1) is 23.7. The molecule has 1 spiro atoms. The van der Waals surface area contributed by atoms with E-state index in [1.165, 1.54) is 9.80 Å². The van der Waals surface area contributed by atoms with E-state index in [2.05, 4.69) is 18.7 Å². The standard InChI is InChI=1S/C30H28ClN3O3/c1-19-15-20(2)26-30(17-21-13-14-22(31)16-25(21)32(26)18-19)27(35)33(23-9-5-3-6-10-23)29(37)34(28(30)36)24-11-7-4-8-12-24/h3-14,16,19-20,26H,15,17-18H2,1-2H3/t19-,20+,26+/m1/s1. The van der Waals surface area contributed by atoms with Crippen LogP contribution in [0.3, 0.4) is 0 Å². The molecule has 6 rings (SSSR count). The molecule has 7 heteroatoms. The van der Waals surface area contributed by atoms with Gasteiger partial charge >= 0.3 is 6.03 Å². The molecule has 0 aliphatic carbocycles. The van der Waals surface area contributed by atoms with Crippen LogP contribution in [-0.2, 0) is 16.0 Å². The average molecular weight is 514 g/mol. The molecule has 3 aromatic rings. The third kappa shape index (κ3) is 3.50. The van der Waals surface area contributed by atoms with Crippen molar-refractivity contribution in [3.8, 4) is 0 Å². The number of nitrogens with zero attached hydrogens (tertiary/aromatic N) is 3. The molecule has 0 aromatic heterocycles. The predicted octanol–water partition coefficient (Wildman–Crippen LogP) is 5.93. The van der Waals surface area contributed by atoms with Crippen molar-refractivity contribution in [3.63, 3.8) is 0 Å². The van der Waals surface area contributed by atoms with E-state index in [1.54, 1.807) is 54.6 Å². The quantitative estimate of drug-likeness (QED) is 0.398. The molecule has 0 radical (unpaired) electrons. The van der Waals surface area contributed by atoms with Gasteiger partial charge in [-0.15, -0.1) is 0 Å². The van der Waals surface area contributed by atoms with Gasteiger partial charge in [0.1, 0.15) is 0 Å². The molecule has 37 heavy (non-hydrogen) atoms. The van der Waals surface area contributed by atoms with E-state index in [4.69, 9.17) is 11.6 Å². The van der Waals surface area contributed by atoms with Gasteiger partial charge in [0.25, 0.3) is 11.8 Å². The van der Waals surface area contributed by atoms with E-state index < -0.39 is 29.3 Å². The van der Waals surface area contributed by atoms with Crippen LogP contribution < -0.4 is 14.7 Å². The molecule has 0 N–H and O–H groups in total. The Morgan fingerprint density at radius 1 is 0.811 bits per heavy atom. The molecule has 3 aliphatic heterocycles. The normalized spacial score (nSPS) is 24.8. The van der Waals surface area contributed by atoms with E-state index in [1.807, 2.05) is 24.3 Å². The average Bonchev–Trinajstić information content (AvgIpc) is 2.89. The first-order chi connectivity index (χ1) is 17.8. The fourth-order valence-electron chi connectivity index (χ4n) is 6.73. The Bertz CT molecular complexity index is 1330. The van der Waals surface area contributed by atoms with Crippen LogP contribution in [0.1, 0.15) is 25.8 Å². The van der Waals surface area contributed by atoms with Crippen molar-refractivity contribution in [2.45, 2.75) is 32.7 Å². The number of halogens is 1. The molecule has 3 heterocycles. The number of barbiturate groups is 1. The van der Waals surface area contributed by atoms with Crippen molar-refractivity contribution in [1.82, 2.24) is 0 Å². The largest absolute Gasteiger partial charge is 0.366 e. The number of piperidine rings is 1. The van der Waals surface area contributed by atoms with Gasteiger partial charge in [-0.05, 0) is 66.6 Å². The molecule has 4 amide bonds. The molecular formula is C30H28ClN3O3. The zero-order valence-corrected chi connectivity index (χ0v) is 21.6. The minimum atomic E-state index is -1.47.